The van der Waals surface area contributed by atoms with Crippen molar-refractivity contribution in [1.82, 2.24) is 10.6 Å². The summed E-state index contributed by atoms with van der Waals surface area (Å²) in [6.45, 7) is 0. The molecule has 6 nitrogen and oxygen atoms in total. The quantitative estimate of drug-likeness (QED) is 0.789. The van der Waals surface area contributed by atoms with E-state index in [9.17, 15) is 9.59 Å². The molecule has 0 spiro atoms. The summed E-state index contributed by atoms with van der Waals surface area (Å²) in [6, 6.07) is 4.86. The van der Waals surface area contributed by atoms with Gasteiger partial charge in [0.05, 0.1) is 17.8 Å². The van der Waals surface area contributed by atoms with Crippen molar-refractivity contribution in [2.24, 2.45) is 5.92 Å². The van der Waals surface area contributed by atoms with Gasteiger partial charge in [-0.2, -0.15) is 0 Å². The van der Waals surface area contributed by atoms with Gasteiger partial charge in [0.2, 0.25) is 5.91 Å². The molecule has 1 saturated carbocycles. The van der Waals surface area contributed by atoms with Gasteiger partial charge in [-0.05, 0) is 37.8 Å². The first-order valence-electron chi connectivity index (χ1n) is 7.66. The molecule has 1 aliphatic rings. The molecule has 1 fully saturated rings. The lowest BCUT2D eigenvalue weighted by Crippen LogP contribution is -2.42. The Bertz CT molecular complexity index is 572. The third-order valence-corrected chi connectivity index (χ3v) is 4.42. The monoisotopic (exact) mass is 339 g/mol. The zero-order chi connectivity index (χ0) is 16.8. The lowest BCUT2D eigenvalue weighted by atomic mass is 9.85. The van der Waals surface area contributed by atoms with Gasteiger partial charge < -0.3 is 20.7 Å². The van der Waals surface area contributed by atoms with Crippen molar-refractivity contribution < 1.29 is 14.3 Å². The fourth-order valence-electron chi connectivity index (χ4n) is 2.77. The van der Waals surface area contributed by atoms with Crippen LogP contribution in [0.15, 0.2) is 18.2 Å². The van der Waals surface area contributed by atoms with Crippen LogP contribution in [0.25, 0.3) is 0 Å². The number of carbonyl (C=O) groups excluding carboxylic acids is 2. The van der Waals surface area contributed by atoms with Crippen LogP contribution in [0.2, 0.25) is 5.02 Å². The van der Waals surface area contributed by atoms with Crippen molar-refractivity contribution in [1.29, 1.82) is 0 Å². The largest absolute Gasteiger partial charge is 0.497 e. The smallest absolute Gasteiger partial charge is 0.319 e. The summed E-state index contributed by atoms with van der Waals surface area (Å²) < 4.78 is 5.07. The molecule has 0 heterocycles. The van der Waals surface area contributed by atoms with Crippen molar-refractivity contribution in [2.45, 2.75) is 31.7 Å². The second kappa shape index (κ2) is 8.06. The Kier molecular flexibility index (Phi) is 6.10. The first kappa shape index (κ1) is 17.4. The number of hydrogen-bond acceptors (Lipinski definition) is 3. The van der Waals surface area contributed by atoms with E-state index in [1.165, 1.54) is 0 Å². The maximum atomic E-state index is 12.1. The van der Waals surface area contributed by atoms with Gasteiger partial charge in [0.1, 0.15) is 5.75 Å². The number of benzene rings is 1. The number of urea groups is 1. The number of ether oxygens (including phenoxy) is 1. The van der Waals surface area contributed by atoms with Gasteiger partial charge in [-0.15, -0.1) is 0 Å². The average molecular weight is 340 g/mol. The molecule has 0 saturated heterocycles. The van der Waals surface area contributed by atoms with Gasteiger partial charge in [0.25, 0.3) is 0 Å². The summed E-state index contributed by atoms with van der Waals surface area (Å²) in [7, 11) is 3.21. The molecule has 3 N–H and O–H groups in total. The van der Waals surface area contributed by atoms with E-state index in [0.717, 1.165) is 25.7 Å². The minimum atomic E-state index is -0.291. The predicted molar refractivity (Wildman–Crippen MR) is 90.0 cm³/mol. The Morgan fingerprint density at radius 2 is 1.91 bits per heavy atom. The van der Waals surface area contributed by atoms with E-state index < -0.39 is 0 Å². The number of nitrogens with one attached hydrogen (secondary N) is 3. The van der Waals surface area contributed by atoms with Crippen molar-refractivity contribution in [3.8, 4) is 5.75 Å². The van der Waals surface area contributed by atoms with Crippen LogP contribution in [0.5, 0.6) is 5.75 Å². The molecule has 7 heteroatoms. The molecule has 0 aromatic heterocycles. The maximum Gasteiger partial charge on any atom is 0.319 e. The van der Waals surface area contributed by atoms with E-state index in [-0.39, 0.29) is 23.9 Å². The fraction of sp³-hybridized carbons (Fsp3) is 0.500. The van der Waals surface area contributed by atoms with Gasteiger partial charge in [0.15, 0.2) is 0 Å². The van der Waals surface area contributed by atoms with Crippen LogP contribution >= 0.6 is 11.6 Å². The summed E-state index contributed by atoms with van der Waals surface area (Å²) >= 11 is 6.10. The molecule has 0 radical (unpaired) electrons. The number of halogens is 1. The zero-order valence-electron chi connectivity index (χ0n) is 13.3. The third-order valence-electron chi connectivity index (χ3n) is 4.10. The number of hydrogen-bond donors (Lipinski definition) is 3. The second-order valence-electron chi connectivity index (χ2n) is 5.61. The van der Waals surface area contributed by atoms with Crippen LogP contribution in [0.1, 0.15) is 25.7 Å². The Morgan fingerprint density at radius 1 is 1.22 bits per heavy atom. The van der Waals surface area contributed by atoms with Gasteiger partial charge in [-0.25, -0.2) is 4.79 Å². The molecule has 2 rings (SSSR count). The topological polar surface area (TPSA) is 79.5 Å². The number of anilines is 1. The summed E-state index contributed by atoms with van der Waals surface area (Å²) in [5, 5.41) is 8.76. The van der Waals surface area contributed by atoms with E-state index in [0.29, 0.717) is 16.5 Å². The van der Waals surface area contributed by atoms with E-state index in [4.69, 9.17) is 16.3 Å². The predicted octanol–water partition coefficient (Wildman–Crippen LogP) is 2.77. The first-order valence-corrected chi connectivity index (χ1v) is 8.04. The van der Waals surface area contributed by atoms with E-state index >= 15 is 0 Å². The molecule has 0 atom stereocenters. The minimum Gasteiger partial charge on any atom is -0.497 e. The van der Waals surface area contributed by atoms with Crippen molar-refractivity contribution in [3.63, 3.8) is 0 Å². The number of amides is 3. The second-order valence-corrected chi connectivity index (χ2v) is 6.01. The lowest BCUT2D eigenvalue weighted by molar-refractivity contribution is -0.125. The molecule has 0 bridgehead atoms. The fourth-order valence-corrected chi connectivity index (χ4v) is 2.99. The highest BCUT2D eigenvalue weighted by Crippen LogP contribution is 2.27. The van der Waals surface area contributed by atoms with Gasteiger partial charge in [-0.1, -0.05) is 11.6 Å². The van der Waals surface area contributed by atoms with E-state index in [1.54, 1.807) is 32.4 Å². The lowest BCUT2D eigenvalue weighted by Gasteiger charge is -2.28. The third kappa shape index (κ3) is 4.76. The Labute approximate surface area is 140 Å². The summed E-state index contributed by atoms with van der Waals surface area (Å²) in [5.74, 6) is 0.767. The molecule has 3 amide bonds. The molecule has 0 unspecified atom stereocenters. The number of rotatable bonds is 4. The maximum absolute atomic E-state index is 12.1. The number of carbonyl (C=O) groups is 2. The van der Waals surface area contributed by atoms with Gasteiger partial charge in [0, 0.05) is 25.1 Å². The minimum absolute atomic E-state index is 0.0529. The zero-order valence-corrected chi connectivity index (χ0v) is 14.1. The van der Waals surface area contributed by atoms with Crippen LogP contribution in [-0.4, -0.2) is 32.1 Å². The van der Waals surface area contributed by atoms with Gasteiger partial charge >= 0.3 is 6.03 Å². The van der Waals surface area contributed by atoms with Crippen LogP contribution < -0.4 is 20.7 Å². The highest BCUT2D eigenvalue weighted by molar-refractivity contribution is 6.33. The Morgan fingerprint density at radius 3 is 2.48 bits per heavy atom. The van der Waals surface area contributed by atoms with Gasteiger partial charge in [-0.3, -0.25) is 4.79 Å². The molecular weight excluding hydrogens is 318 g/mol. The highest BCUT2D eigenvalue weighted by Gasteiger charge is 2.26. The molecule has 0 aliphatic heterocycles. The molecule has 1 aliphatic carbocycles. The average Bonchev–Trinajstić information content (AvgIpc) is 2.56. The summed E-state index contributed by atoms with van der Waals surface area (Å²) in [4.78, 5) is 23.7. The number of methoxy groups -OCH3 is 1. The normalized spacial score (nSPS) is 20.5. The first-order chi connectivity index (χ1) is 11.0. The SMILES string of the molecule is CNC(=O)C1CCC(NC(=O)Nc2ccc(OC)cc2Cl)CC1. The van der Waals surface area contributed by atoms with Crippen molar-refractivity contribution >= 4 is 29.2 Å². The van der Waals surface area contributed by atoms with Crippen molar-refractivity contribution in [3.05, 3.63) is 23.2 Å². The Balaban J connectivity index is 1.83. The summed E-state index contributed by atoms with van der Waals surface area (Å²) in [6.07, 6.45) is 3.16. The van der Waals surface area contributed by atoms with Crippen LogP contribution in [0.3, 0.4) is 0 Å². The highest BCUT2D eigenvalue weighted by atomic mass is 35.5. The molecular formula is C16H22ClN3O3. The van der Waals surface area contributed by atoms with E-state index in [2.05, 4.69) is 16.0 Å². The molecule has 1 aromatic rings. The standard InChI is InChI=1S/C16H22ClN3O3/c1-18-15(21)10-3-5-11(6-4-10)19-16(22)20-14-8-7-12(23-2)9-13(14)17/h7-11H,3-6H2,1-2H3,(H,18,21)(H2,19,20,22). The molecule has 23 heavy (non-hydrogen) atoms. The van der Waals surface area contributed by atoms with Crippen LogP contribution in [0.4, 0.5) is 10.5 Å². The van der Waals surface area contributed by atoms with Crippen LogP contribution in [-0.2, 0) is 4.79 Å². The Hall–Kier alpha value is -1.95. The van der Waals surface area contributed by atoms with E-state index in [1.807, 2.05) is 0 Å². The molecule has 126 valence electrons. The summed E-state index contributed by atoms with van der Waals surface area (Å²) in [5.41, 5.74) is 0.531. The van der Waals surface area contributed by atoms with Crippen LogP contribution in [0, 0.1) is 5.92 Å². The van der Waals surface area contributed by atoms with Crippen molar-refractivity contribution in [2.75, 3.05) is 19.5 Å². The molecule has 1 aromatic carbocycles.